The SMILES string of the molecule is Cc1nc(CS(=O)(=O)CCCC(C)C)no1. The van der Waals surface area contributed by atoms with Crippen LogP contribution in [0.2, 0.25) is 0 Å². The standard InChI is InChI=1S/C10H18N2O3S/c1-8(2)5-4-6-16(13,14)7-10-11-9(3)15-12-10/h8H,4-7H2,1-3H3. The van der Waals surface area contributed by atoms with Crippen LogP contribution in [0.15, 0.2) is 4.52 Å². The van der Waals surface area contributed by atoms with Crippen LogP contribution in [0.3, 0.4) is 0 Å². The van der Waals surface area contributed by atoms with Gasteiger partial charge in [0.1, 0.15) is 5.75 Å². The molecule has 1 heterocycles. The van der Waals surface area contributed by atoms with Gasteiger partial charge in [0.15, 0.2) is 15.7 Å². The molecule has 0 bridgehead atoms. The van der Waals surface area contributed by atoms with Gasteiger partial charge in [0.05, 0.1) is 5.75 Å². The zero-order chi connectivity index (χ0) is 12.2. The molecule has 0 aliphatic carbocycles. The van der Waals surface area contributed by atoms with Crippen molar-refractivity contribution in [3.05, 3.63) is 11.7 Å². The van der Waals surface area contributed by atoms with Gasteiger partial charge in [0.2, 0.25) is 5.89 Å². The van der Waals surface area contributed by atoms with Crippen LogP contribution in [0.25, 0.3) is 0 Å². The van der Waals surface area contributed by atoms with E-state index in [0.29, 0.717) is 18.2 Å². The van der Waals surface area contributed by atoms with E-state index in [-0.39, 0.29) is 17.3 Å². The lowest BCUT2D eigenvalue weighted by molar-refractivity contribution is 0.388. The van der Waals surface area contributed by atoms with Gasteiger partial charge in [-0.3, -0.25) is 0 Å². The second kappa shape index (κ2) is 5.43. The average Bonchev–Trinajstić information content (AvgIpc) is 2.48. The molecule has 0 spiro atoms. The van der Waals surface area contributed by atoms with Gasteiger partial charge in [-0.2, -0.15) is 4.98 Å². The number of sulfone groups is 1. The third kappa shape index (κ3) is 4.74. The van der Waals surface area contributed by atoms with Gasteiger partial charge >= 0.3 is 0 Å². The number of rotatable bonds is 6. The largest absolute Gasteiger partial charge is 0.340 e. The number of nitrogens with zero attached hydrogens (tertiary/aromatic N) is 2. The molecule has 0 unspecified atom stereocenters. The van der Waals surface area contributed by atoms with Crippen LogP contribution in [-0.2, 0) is 15.6 Å². The molecule has 92 valence electrons. The monoisotopic (exact) mass is 246 g/mol. The van der Waals surface area contributed by atoms with Crippen LogP contribution in [0.4, 0.5) is 0 Å². The molecule has 0 N–H and O–H groups in total. The fraction of sp³-hybridized carbons (Fsp3) is 0.800. The highest BCUT2D eigenvalue weighted by molar-refractivity contribution is 7.90. The summed E-state index contributed by atoms with van der Waals surface area (Å²) in [5.41, 5.74) is 0. The Morgan fingerprint density at radius 3 is 2.56 bits per heavy atom. The smallest absolute Gasteiger partial charge is 0.223 e. The molecule has 0 aliphatic heterocycles. The highest BCUT2D eigenvalue weighted by atomic mass is 32.2. The first-order valence-corrected chi connectivity index (χ1v) is 7.21. The Balaban J connectivity index is 2.46. The third-order valence-electron chi connectivity index (χ3n) is 2.16. The molecule has 6 heteroatoms. The molecule has 0 fully saturated rings. The van der Waals surface area contributed by atoms with Crippen LogP contribution in [0.5, 0.6) is 0 Å². The first kappa shape index (κ1) is 13.2. The summed E-state index contributed by atoms with van der Waals surface area (Å²) in [4.78, 5) is 3.88. The zero-order valence-corrected chi connectivity index (χ0v) is 10.7. The molecule has 0 aliphatic rings. The first-order valence-electron chi connectivity index (χ1n) is 5.38. The molecule has 5 nitrogen and oxygen atoms in total. The van der Waals surface area contributed by atoms with Gasteiger partial charge in [-0.05, 0) is 12.3 Å². The summed E-state index contributed by atoms with van der Waals surface area (Å²) in [5.74, 6) is 1.25. The minimum absolute atomic E-state index is 0.123. The van der Waals surface area contributed by atoms with Crippen LogP contribution >= 0.6 is 0 Å². The Morgan fingerprint density at radius 2 is 2.06 bits per heavy atom. The summed E-state index contributed by atoms with van der Waals surface area (Å²) in [6.07, 6.45) is 1.61. The summed E-state index contributed by atoms with van der Waals surface area (Å²) < 4.78 is 28.1. The molecular formula is C10H18N2O3S. The van der Waals surface area contributed by atoms with E-state index in [4.69, 9.17) is 4.52 Å². The van der Waals surface area contributed by atoms with Crippen LogP contribution in [0, 0.1) is 12.8 Å². The molecule has 0 amide bonds. The van der Waals surface area contributed by atoms with Crippen LogP contribution in [-0.4, -0.2) is 24.3 Å². The first-order chi connectivity index (χ1) is 7.39. The number of aromatic nitrogens is 2. The van der Waals surface area contributed by atoms with Crippen molar-refractivity contribution in [2.45, 2.75) is 39.4 Å². The quantitative estimate of drug-likeness (QED) is 0.764. The lowest BCUT2D eigenvalue weighted by Gasteiger charge is -2.04. The number of hydrogen-bond acceptors (Lipinski definition) is 5. The highest BCUT2D eigenvalue weighted by Gasteiger charge is 2.15. The predicted octanol–water partition coefficient (Wildman–Crippen LogP) is 1.73. The molecule has 0 aromatic carbocycles. The lowest BCUT2D eigenvalue weighted by atomic mass is 10.1. The highest BCUT2D eigenvalue weighted by Crippen LogP contribution is 2.09. The zero-order valence-electron chi connectivity index (χ0n) is 9.93. The van der Waals surface area contributed by atoms with Gasteiger partial charge in [-0.25, -0.2) is 8.42 Å². The Labute approximate surface area is 96.2 Å². The molecule has 1 rings (SSSR count). The molecule has 0 saturated carbocycles. The Bertz CT molecular complexity index is 423. The summed E-state index contributed by atoms with van der Waals surface area (Å²) in [6.45, 7) is 5.80. The second-order valence-corrected chi connectivity index (χ2v) is 6.54. The maximum absolute atomic E-state index is 11.7. The molecule has 0 atom stereocenters. The van der Waals surface area contributed by atoms with Crippen molar-refractivity contribution in [2.24, 2.45) is 5.92 Å². The van der Waals surface area contributed by atoms with Gasteiger partial charge in [-0.1, -0.05) is 25.4 Å². The van der Waals surface area contributed by atoms with Crippen molar-refractivity contribution in [1.82, 2.24) is 10.1 Å². The maximum atomic E-state index is 11.7. The van der Waals surface area contributed by atoms with Crippen molar-refractivity contribution in [3.63, 3.8) is 0 Å². The minimum Gasteiger partial charge on any atom is -0.340 e. The van der Waals surface area contributed by atoms with E-state index in [9.17, 15) is 8.42 Å². The van der Waals surface area contributed by atoms with E-state index in [0.717, 1.165) is 6.42 Å². The molecule has 16 heavy (non-hydrogen) atoms. The Hall–Kier alpha value is -0.910. The van der Waals surface area contributed by atoms with Crippen LogP contribution < -0.4 is 0 Å². The normalized spacial score (nSPS) is 12.2. The van der Waals surface area contributed by atoms with Crippen molar-refractivity contribution in [3.8, 4) is 0 Å². The number of hydrogen-bond donors (Lipinski definition) is 0. The summed E-state index contributed by atoms with van der Waals surface area (Å²) in [7, 11) is -3.10. The van der Waals surface area contributed by atoms with Crippen molar-refractivity contribution in [1.29, 1.82) is 0 Å². The van der Waals surface area contributed by atoms with Crippen molar-refractivity contribution >= 4 is 9.84 Å². The van der Waals surface area contributed by atoms with Gasteiger partial charge in [-0.15, -0.1) is 0 Å². The fourth-order valence-electron chi connectivity index (χ4n) is 1.38. The lowest BCUT2D eigenvalue weighted by Crippen LogP contribution is -2.11. The summed E-state index contributed by atoms with van der Waals surface area (Å²) >= 11 is 0. The van der Waals surface area contributed by atoms with E-state index in [1.54, 1.807) is 6.92 Å². The summed E-state index contributed by atoms with van der Waals surface area (Å²) in [6, 6.07) is 0. The Kier molecular flexibility index (Phi) is 4.46. The van der Waals surface area contributed by atoms with E-state index in [2.05, 4.69) is 24.0 Å². The molecule has 0 radical (unpaired) electrons. The predicted molar refractivity (Wildman–Crippen MR) is 60.6 cm³/mol. The minimum atomic E-state index is -3.10. The van der Waals surface area contributed by atoms with Gasteiger partial charge in [0, 0.05) is 6.92 Å². The van der Waals surface area contributed by atoms with Gasteiger partial charge < -0.3 is 4.52 Å². The summed E-state index contributed by atoms with van der Waals surface area (Å²) in [5, 5.41) is 3.58. The van der Waals surface area contributed by atoms with Gasteiger partial charge in [0.25, 0.3) is 0 Å². The average molecular weight is 246 g/mol. The Morgan fingerprint density at radius 1 is 1.38 bits per heavy atom. The van der Waals surface area contributed by atoms with E-state index >= 15 is 0 Å². The van der Waals surface area contributed by atoms with Crippen molar-refractivity contribution < 1.29 is 12.9 Å². The van der Waals surface area contributed by atoms with E-state index < -0.39 is 9.84 Å². The second-order valence-electron chi connectivity index (χ2n) is 4.36. The third-order valence-corrected chi connectivity index (χ3v) is 3.76. The van der Waals surface area contributed by atoms with Crippen LogP contribution in [0.1, 0.15) is 38.4 Å². The van der Waals surface area contributed by atoms with Crippen molar-refractivity contribution in [2.75, 3.05) is 5.75 Å². The molecular weight excluding hydrogens is 228 g/mol. The maximum Gasteiger partial charge on any atom is 0.223 e. The van der Waals surface area contributed by atoms with E-state index in [1.807, 2.05) is 0 Å². The molecule has 0 saturated heterocycles. The molecule has 1 aromatic rings. The number of aryl methyl sites for hydroxylation is 1. The van der Waals surface area contributed by atoms with E-state index in [1.165, 1.54) is 0 Å². The molecule has 1 aromatic heterocycles. The fourth-order valence-corrected chi connectivity index (χ4v) is 2.64. The topological polar surface area (TPSA) is 73.1 Å².